The second-order valence-electron chi connectivity index (χ2n) is 2.12. The first kappa shape index (κ1) is 9.07. The standard InChI is InChI=1S/C9H7NO3/c1-13-9-7(3-2-6-10-9)4-5-8(11)12/h2-3,6H,1H3,(H,11,12). The van der Waals surface area contributed by atoms with Crippen LogP contribution < -0.4 is 4.74 Å². The third kappa shape index (κ3) is 2.49. The number of hydrogen-bond donors (Lipinski definition) is 1. The summed E-state index contributed by atoms with van der Waals surface area (Å²) in [5.74, 6) is 3.56. The molecular weight excluding hydrogens is 170 g/mol. The lowest BCUT2D eigenvalue weighted by Gasteiger charge is -1.98. The molecule has 0 saturated carbocycles. The van der Waals surface area contributed by atoms with E-state index >= 15 is 0 Å². The van der Waals surface area contributed by atoms with Gasteiger partial charge in [0.15, 0.2) is 0 Å². The Hall–Kier alpha value is -2.02. The van der Waals surface area contributed by atoms with Gasteiger partial charge in [-0.15, -0.1) is 0 Å². The molecule has 0 aromatic carbocycles. The number of carbonyl (C=O) groups is 1. The van der Waals surface area contributed by atoms with E-state index < -0.39 is 5.97 Å². The number of carboxylic acid groups (broad SMARTS) is 1. The van der Waals surface area contributed by atoms with Crippen molar-refractivity contribution in [3.05, 3.63) is 23.9 Å². The number of rotatable bonds is 1. The molecule has 0 fully saturated rings. The molecule has 0 saturated heterocycles. The van der Waals surface area contributed by atoms with Gasteiger partial charge in [0, 0.05) is 12.1 Å². The number of nitrogens with zero attached hydrogens (tertiary/aromatic N) is 1. The number of methoxy groups -OCH3 is 1. The van der Waals surface area contributed by atoms with Gasteiger partial charge in [0.25, 0.3) is 0 Å². The zero-order valence-electron chi connectivity index (χ0n) is 6.94. The maximum Gasteiger partial charge on any atom is 0.382 e. The zero-order valence-corrected chi connectivity index (χ0v) is 6.94. The normalized spacial score (nSPS) is 8.38. The van der Waals surface area contributed by atoms with Gasteiger partial charge < -0.3 is 9.84 Å². The molecule has 4 nitrogen and oxygen atoms in total. The maximum atomic E-state index is 10.1. The number of pyridine rings is 1. The highest BCUT2D eigenvalue weighted by Gasteiger charge is 1.98. The summed E-state index contributed by atoms with van der Waals surface area (Å²) in [5.41, 5.74) is 0.465. The third-order valence-corrected chi connectivity index (χ3v) is 1.27. The first-order valence-corrected chi connectivity index (χ1v) is 3.48. The van der Waals surface area contributed by atoms with Gasteiger partial charge >= 0.3 is 5.97 Å². The van der Waals surface area contributed by atoms with E-state index in [-0.39, 0.29) is 0 Å². The summed E-state index contributed by atoms with van der Waals surface area (Å²) >= 11 is 0. The lowest BCUT2D eigenvalue weighted by atomic mass is 10.3. The van der Waals surface area contributed by atoms with E-state index in [4.69, 9.17) is 9.84 Å². The SMILES string of the molecule is COc1ncccc1C#CC(=O)O. The van der Waals surface area contributed by atoms with Crippen LogP contribution in [-0.4, -0.2) is 23.2 Å². The van der Waals surface area contributed by atoms with Crippen molar-refractivity contribution in [2.45, 2.75) is 0 Å². The highest BCUT2D eigenvalue weighted by Crippen LogP contribution is 2.10. The van der Waals surface area contributed by atoms with Crippen LogP contribution in [0.1, 0.15) is 5.56 Å². The van der Waals surface area contributed by atoms with E-state index in [2.05, 4.69) is 10.9 Å². The molecule has 13 heavy (non-hydrogen) atoms. The molecule has 0 amide bonds. The Morgan fingerprint density at radius 3 is 3.08 bits per heavy atom. The minimum atomic E-state index is -1.18. The first-order chi connectivity index (χ1) is 6.24. The fourth-order valence-electron chi connectivity index (χ4n) is 0.769. The molecule has 1 N–H and O–H groups in total. The second kappa shape index (κ2) is 4.12. The Bertz CT molecular complexity index is 376. The van der Waals surface area contributed by atoms with Crippen LogP contribution in [0.3, 0.4) is 0 Å². The van der Waals surface area contributed by atoms with Gasteiger partial charge in [-0.1, -0.05) is 0 Å². The molecule has 66 valence electrons. The molecule has 0 atom stereocenters. The Morgan fingerprint density at radius 2 is 2.46 bits per heavy atom. The molecule has 0 unspecified atom stereocenters. The minimum Gasteiger partial charge on any atom is -0.480 e. The molecule has 1 heterocycles. The van der Waals surface area contributed by atoms with E-state index in [1.165, 1.54) is 7.11 Å². The van der Waals surface area contributed by atoms with Crippen molar-refractivity contribution in [3.8, 4) is 17.7 Å². The first-order valence-electron chi connectivity index (χ1n) is 3.48. The van der Waals surface area contributed by atoms with Crippen molar-refractivity contribution in [3.63, 3.8) is 0 Å². The number of aromatic nitrogens is 1. The van der Waals surface area contributed by atoms with Crippen LogP contribution in [0, 0.1) is 11.8 Å². The smallest absolute Gasteiger partial charge is 0.382 e. The molecular formula is C9H7NO3. The van der Waals surface area contributed by atoms with Gasteiger partial charge in [0.2, 0.25) is 5.88 Å². The van der Waals surface area contributed by atoms with Crippen LogP contribution in [0.4, 0.5) is 0 Å². The summed E-state index contributed by atoms with van der Waals surface area (Å²) < 4.78 is 4.87. The Labute approximate surface area is 75.2 Å². The fraction of sp³-hybridized carbons (Fsp3) is 0.111. The highest BCUT2D eigenvalue weighted by molar-refractivity contribution is 5.87. The summed E-state index contributed by atoms with van der Waals surface area (Å²) in [7, 11) is 1.45. The van der Waals surface area contributed by atoms with Crippen molar-refractivity contribution < 1.29 is 14.6 Å². The van der Waals surface area contributed by atoms with Crippen LogP contribution in [0.2, 0.25) is 0 Å². The average molecular weight is 177 g/mol. The maximum absolute atomic E-state index is 10.1. The highest BCUT2D eigenvalue weighted by atomic mass is 16.5. The van der Waals surface area contributed by atoms with Crippen molar-refractivity contribution >= 4 is 5.97 Å². The summed E-state index contributed by atoms with van der Waals surface area (Å²) in [6, 6.07) is 3.30. The topological polar surface area (TPSA) is 59.4 Å². The molecule has 0 aliphatic heterocycles. The molecule has 1 aromatic heterocycles. The van der Waals surface area contributed by atoms with Crippen molar-refractivity contribution in [1.82, 2.24) is 4.98 Å². The number of ether oxygens (including phenoxy) is 1. The zero-order chi connectivity index (χ0) is 9.68. The molecule has 1 aromatic rings. The lowest BCUT2D eigenvalue weighted by Crippen LogP contribution is -1.92. The molecule has 1 rings (SSSR count). The number of aliphatic carboxylic acids is 1. The van der Waals surface area contributed by atoms with Crippen LogP contribution in [0.5, 0.6) is 5.88 Å². The van der Waals surface area contributed by atoms with Crippen molar-refractivity contribution in [2.24, 2.45) is 0 Å². The summed E-state index contributed by atoms with van der Waals surface area (Å²) in [6.45, 7) is 0. The van der Waals surface area contributed by atoms with E-state index in [0.717, 1.165) is 0 Å². The minimum absolute atomic E-state index is 0.330. The van der Waals surface area contributed by atoms with Gasteiger partial charge in [-0.05, 0) is 18.1 Å². The molecule has 0 aliphatic rings. The third-order valence-electron chi connectivity index (χ3n) is 1.27. The van der Waals surface area contributed by atoms with Crippen LogP contribution in [0.25, 0.3) is 0 Å². The fourth-order valence-corrected chi connectivity index (χ4v) is 0.769. The molecule has 4 heteroatoms. The summed E-state index contributed by atoms with van der Waals surface area (Å²) in [5, 5.41) is 8.30. The van der Waals surface area contributed by atoms with Crippen molar-refractivity contribution in [1.29, 1.82) is 0 Å². The Morgan fingerprint density at radius 1 is 1.69 bits per heavy atom. The van der Waals surface area contributed by atoms with Gasteiger partial charge in [-0.3, -0.25) is 0 Å². The largest absolute Gasteiger partial charge is 0.480 e. The van der Waals surface area contributed by atoms with Gasteiger partial charge in [-0.2, -0.15) is 0 Å². The average Bonchev–Trinajstić information content (AvgIpc) is 2.15. The summed E-state index contributed by atoms with van der Waals surface area (Å²) in [6.07, 6.45) is 1.55. The van der Waals surface area contributed by atoms with Crippen LogP contribution in [0.15, 0.2) is 18.3 Å². The Kier molecular flexibility index (Phi) is 2.87. The van der Waals surface area contributed by atoms with E-state index in [1.807, 2.05) is 5.92 Å². The van der Waals surface area contributed by atoms with Gasteiger partial charge in [0.05, 0.1) is 12.7 Å². The van der Waals surface area contributed by atoms with Gasteiger partial charge in [0.1, 0.15) is 0 Å². The predicted octanol–water partition coefficient (Wildman–Crippen LogP) is 0.526. The molecule has 0 bridgehead atoms. The molecule has 0 radical (unpaired) electrons. The quantitative estimate of drug-likeness (QED) is 0.635. The van der Waals surface area contributed by atoms with Crippen LogP contribution in [-0.2, 0) is 4.79 Å². The van der Waals surface area contributed by atoms with Gasteiger partial charge in [-0.25, -0.2) is 9.78 Å². The monoisotopic (exact) mass is 177 g/mol. The number of carboxylic acids is 1. The van der Waals surface area contributed by atoms with Crippen molar-refractivity contribution in [2.75, 3.05) is 7.11 Å². The van der Waals surface area contributed by atoms with E-state index in [0.29, 0.717) is 11.4 Å². The summed E-state index contributed by atoms with van der Waals surface area (Å²) in [4.78, 5) is 14.0. The Balaban J connectivity index is 3.02. The second-order valence-corrected chi connectivity index (χ2v) is 2.12. The van der Waals surface area contributed by atoms with E-state index in [9.17, 15) is 4.79 Å². The van der Waals surface area contributed by atoms with E-state index in [1.54, 1.807) is 18.3 Å². The number of hydrogen-bond acceptors (Lipinski definition) is 3. The lowest BCUT2D eigenvalue weighted by molar-refractivity contribution is -0.130. The van der Waals surface area contributed by atoms with Crippen LogP contribution >= 0.6 is 0 Å². The molecule has 0 spiro atoms. The molecule has 0 aliphatic carbocycles. The predicted molar refractivity (Wildman–Crippen MR) is 45.3 cm³/mol.